The summed E-state index contributed by atoms with van der Waals surface area (Å²) >= 11 is 22.4. The summed E-state index contributed by atoms with van der Waals surface area (Å²) in [4.78, 5) is 12.5. The molecule has 0 aromatic rings. The Morgan fingerprint density at radius 3 is 2.33 bits per heavy atom. The van der Waals surface area contributed by atoms with E-state index in [4.69, 9.17) is 46.4 Å². The van der Waals surface area contributed by atoms with Gasteiger partial charge in [-0.1, -0.05) is 46.4 Å². The lowest BCUT2D eigenvalue weighted by atomic mass is 10.4. The highest BCUT2D eigenvalue weighted by atomic mass is 35.6. The molecule has 1 aliphatic heterocycles. The first-order valence-corrected chi connectivity index (χ1v) is 5.00. The maximum atomic E-state index is 11.1. The number of hydrogen-bond donors (Lipinski definition) is 0. The molecule has 70 valence electrons. The first-order valence-electron chi connectivity index (χ1n) is 3.43. The van der Waals surface area contributed by atoms with Crippen molar-refractivity contribution < 1.29 is 4.79 Å². The summed E-state index contributed by atoms with van der Waals surface area (Å²) in [5.74, 6) is -0.0543. The number of hydrogen-bond acceptors (Lipinski definition) is 1. The van der Waals surface area contributed by atoms with Crippen molar-refractivity contribution in [1.82, 2.24) is 4.90 Å². The number of alkyl halides is 4. The maximum Gasteiger partial charge on any atom is 0.224 e. The Balaban J connectivity index is 2.63. The Labute approximate surface area is 90.7 Å². The summed E-state index contributed by atoms with van der Waals surface area (Å²) in [6, 6.07) is 0. The van der Waals surface area contributed by atoms with Gasteiger partial charge in [-0.15, -0.1) is 0 Å². The van der Waals surface area contributed by atoms with E-state index in [9.17, 15) is 4.79 Å². The highest BCUT2D eigenvalue weighted by molar-refractivity contribution is 6.70. The molecule has 1 atom stereocenters. The van der Waals surface area contributed by atoms with E-state index in [0.29, 0.717) is 13.0 Å². The molecular formula is C6H7Cl4NO. The van der Waals surface area contributed by atoms with Crippen molar-refractivity contribution in [3.05, 3.63) is 0 Å². The molecule has 1 saturated heterocycles. The Morgan fingerprint density at radius 2 is 2.00 bits per heavy atom. The predicted molar refractivity (Wildman–Crippen MR) is 50.9 cm³/mol. The van der Waals surface area contributed by atoms with Gasteiger partial charge < -0.3 is 4.90 Å². The third-order valence-electron chi connectivity index (χ3n) is 1.65. The van der Waals surface area contributed by atoms with E-state index in [1.54, 1.807) is 0 Å². The summed E-state index contributed by atoms with van der Waals surface area (Å²) < 4.78 is -1.61. The molecule has 1 aliphatic rings. The largest absolute Gasteiger partial charge is 0.322 e. The molecule has 1 heterocycles. The van der Waals surface area contributed by atoms with Crippen LogP contribution in [0.15, 0.2) is 0 Å². The van der Waals surface area contributed by atoms with E-state index in [1.165, 1.54) is 4.90 Å². The zero-order valence-corrected chi connectivity index (χ0v) is 9.09. The van der Waals surface area contributed by atoms with Gasteiger partial charge in [0.25, 0.3) is 0 Å². The zero-order valence-electron chi connectivity index (χ0n) is 6.07. The first kappa shape index (κ1) is 10.7. The van der Waals surface area contributed by atoms with Gasteiger partial charge in [0.05, 0.1) is 0 Å². The average Bonchev–Trinajstić information content (AvgIpc) is 2.31. The molecule has 12 heavy (non-hydrogen) atoms. The molecule has 1 amide bonds. The molecule has 0 bridgehead atoms. The fraction of sp³-hybridized carbons (Fsp3) is 0.833. The molecule has 0 aliphatic carbocycles. The quantitative estimate of drug-likeness (QED) is 0.518. The summed E-state index contributed by atoms with van der Waals surface area (Å²) in [6.45, 7) is 0.570. The van der Waals surface area contributed by atoms with Gasteiger partial charge in [0.1, 0.15) is 0 Å². The van der Waals surface area contributed by atoms with Crippen LogP contribution >= 0.6 is 46.4 Å². The van der Waals surface area contributed by atoms with Gasteiger partial charge >= 0.3 is 0 Å². The smallest absolute Gasteiger partial charge is 0.224 e. The molecule has 0 radical (unpaired) electrons. The van der Waals surface area contributed by atoms with Gasteiger partial charge in [-0.3, -0.25) is 4.79 Å². The minimum Gasteiger partial charge on any atom is -0.322 e. The third kappa shape index (κ3) is 2.32. The molecule has 0 saturated carbocycles. The zero-order chi connectivity index (χ0) is 9.35. The topological polar surface area (TPSA) is 20.3 Å². The van der Waals surface area contributed by atoms with Crippen LogP contribution in [-0.2, 0) is 4.79 Å². The van der Waals surface area contributed by atoms with Crippen molar-refractivity contribution in [2.24, 2.45) is 0 Å². The Kier molecular flexibility index (Phi) is 3.38. The van der Waals surface area contributed by atoms with Crippen LogP contribution in [0.25, 0.3) is 0 Å². The SMILES string of the molecule is O=C1CCCN1C(Cl)C(Cl)(Cl)Cl. The van der Waals surface area contributed by atoms with Crippen molar-refractivity contribution in [2.45, 2.75) is 22.1 Å². The van der Waals surface area contributed by atoms with Crippen LogP contribution in [-0.4, -0.2) is 26.6 Å². The number of amides is 1. The second-order valence-corrected chi connectivity index (χ2v) is 5.35. The standard InChI is InChI=1S/C6H7Cl4NO/c7-5(6(8,9)10)11-3-1-2-4(11)12/h5H,1-3H2. The second-order valence-electron chi connectivity index (χ2n) is 2.57. The number of nitrogens with zero attached hydrogens (tertiary/aromatic N) is 1. The minimum absolute atomic E-state index is 0.0543. The minimum atomic E-state index is -1.61. The summed E-state index contributed by atoms with van der Waals surface area (Å²) in [7, 11) is 0. The number of carbonyl (C=O) groups is 1. The van der Waals surface area contributed by atoms with E-state index in [1.807, 2.05) is 0 Å². The summed E-state index contributed by atoms with van der Waals surface area (Å²) in [6.07, 6.45) is 1.27. The summed E-state index contributed by atoms with van der Waals surface area (Å²) in [5.41, 5.74) is -0.863. The molecule has 6 heteroatoms. The fourth-order valence-corrected chi connectivity index (χ4v) is 1.65. The van der Waals surface area contributed by atoms with E-state index in [-0.39, 0.29) is 5.91 Å². The monoisotopic (exact) mass is 249 g/mol. The Morgan fingerprint density at radius 1 is 1.42 bits per heavy atom. The molecule has 1 rings (SSSR count). The van der Waals surface area contributed by atoms with Crippen LogP contribution in [0.3, 0.4) is 0 Å². The van der Waals surface area contributed by atoms with E-state index >= 15 is 0 Å². The van der Waals surface area contributed by atoms with E-state index < -0.39 is 9.29 Å². The van der Waals surface area contributed by atoms with Gasteiger partial charge in [0.15, 0.2) is 5.50 Å². The van der Waals surface area contributed by atoms with Gasteiger partial charge in [-0.2, -0.15) is 0 Å². The van der Waals surface area contributed by atoms with Crippen LogP contribution < -0.4 is 0 Å². The van der Waals surface area contributed by atoms with Crippen molar-refractivity contribution in [3.8, 4) is 0 Å². The Hall–Kier alpha value is 0.630. The van der Waals surface area contributed by atoms with Crippen molar-refractivity contribution >= 4 is 52.3 Å². The lowest BCUT2D eigenvalue weighted by Gasteiger charge is -2.27. The molecule has 0 N–H and O–H groups in total. The number of rotatable bonds is 1. The molecule has 0 spiro atoms. The van der Waals surface area contributed by atoms with Crippen molar-refractivity contribution in [1.29, 1.82) is 0 Å². The van der Waals surface area contributed by atoms with Gasteiger partial charge in [0.2, 0.25) is 9.70 Å². The number of carbonyl (C=O) groups excluding carboxylic acids is 1. The van der Waals surface area contributed by atoms with E-state index in [2.05, 4.69) is 0 Å². The third-order valence-corrected chi connectivity index (χ3v) is 3.17. The fourth-order valence-electron chi connectivity index (χ4n) is 1.09. The summed E-state index contributed by atoms with van der Waals surface area (Å²) in [5, 5.41) is 0. The average molecular weight is 251 g/mol. The van der Waals surface area contributed by atoms with E-state index in [0.717, 1.165) is 6.42 Å². The normalized spacial score (nSPS) is 21.7. The molecule has 0 aromatic heterocycles. The number of likely N-dealkylation sites (tertiary alicyclic amines) is 1. The van der Waals surface area contributed by atoms with Crippen LogP contribution in [0, 0.1) is 0 Å². The molecular weight excluding hydrogens is 244 g/mol. The highest BCUT2D eigenvalue weighted by Gasteiger charge is 2.39. The second kappa shape index (κ2) is 3.79. The Bertz CT molecular complexity index is 190. The molecule has 0 aromatic carbocycles. The highest BCUT2D eigenvalue weighted by Crippen LogP contribution is 2.37. The number of halogens is 4. The lowest BCUT2D eigenvalue weighted by molar-refractivity contribution is -0.128. The molecule has 2 nitrogen and oxygen atoms in total. The lowest BCUT2D eigenvalue weighted by Crippen LogP contribution is -2.40. The van der Waals surface area contributed by atoms with Crippen LogP contribution in [0.4, 0.5) is 0 Å². The molecule has 1 fully saturated rings. The molecule has 1 unspecified atom stereocenters. The van der Waals surface area contributed by atoms with Gasteiger partial charge in [0, 0.05) is 13.0 Å². The predicted octanol–water partition coefficient (Wildman–Crippen LogP) is 2.54. The maximum absolute atomic E-state index is 11.1. The van der Waals surface area contributed by atoms with Crippen molar-refractivity contribution in [3.63, 3.8) is 0 Å². The van der Waals surface area contributed by atoms with Gasteiger partial charge in [-0.05, 0) is 6.42 Å². The first-order chi connectivity index (χ1) is 5.43. The van der Waals surface area contributed by atoms with Crippen LogP contribution in [0.5, 0.6) is 0 Å². The van der Waals surface area contributed by atoms with Gasteiger partial charge in [-0.25, -0.2) is 0 Å². The van der Waals surface area contributed by atoms with Crippen LogP contribution in [0.1, 0.15) is 12.8 Å². The van der Waals surface area contributed by atoms with Crippen LogP contribution in [0.2, 0.25) is 0 Å². The van der Waals surface area contributed by atoms with Crippen molar-refractivity contribution in [2.75, 3.05) is 6.54 Å².